The Hall–Kier alpha value is -1.05. The monoisotopic (exact) mass is 516 g/mol. The molecule has 0 saturated heterocycles. The van der Waals surface area contributed by atoms with Gasteiger partial charge in [0.25, 0.3) is 5.97 Å². The predicted octanol–water partition coefficient (Wildman–Crippen LogP) is 6.99. The summed E-state index contributed by atoms with van der Waals surface area (Å²) in [7, 11) is -8.01. The molecule has 0 aliphatic heterocycles. The van der Waals surface area contributed by atoms with Crippen LogP contribution in [-0.4, -0.2) is 49.8 Å². The molecule has 0 aromatic heterocycles. The maximum absolute atomic E-state index is 13.5. The lowest BCUT2D eigenvalue weighted by molar-refractivity contribution is -0.363. The van der Waals surface area contributed by atoms with E-state index in [1.54, 1.807) is 0 Å². The lowest BCUT2D eigenvalue weighted by Crippen LogP contribution is -2.73. The highest BCUT2D eigenvalue weighted by Crippen LogP contribution is 2.56. The molecule has 0 radical (unpaired) electrons. The SMILES string of the molecule is CCCCOC(O)(CCCC1=C([Si](C(F)(F)F)(C(F)(F)F)C(F)(F)F)C=CC1)OCCCC. The Balaban J connectivity index is 3.19. The molecule has 0 amide bonds. The smallest absolute Gasteiger partial charge is 0.343 e. The minimum Gasteiger partial charge on any atom is -0.343 e. The Bertz CT molecular complexity index is 636. The van der Waals surface area contributed by atoms with E-state index in [9.17, 15) is 44.6 Å². The van der Waals surface area contributed by atoms with Crippen LogP contribution in [0, 0.1) is 0 Å². The molecule has 0 aromatic carbocycles. The zero-order chi connectivity index (χ0) is 25.6. The number of hydrogen-bond donors (Lipinski definition) is 1. The van der Waals surface area contributed by atoms with E-state index in [0.717, 1.165) is 18.9 Å². The molecule has 1 aliphatic carbocycles. The minimum atomic E-state index is -8.01. The number of aliphatic hydroxyl groups is 1. The van der Waals surface area contributed by atoms with Crippen molar-refractivity contribution in [2.24, 2.45) is 0 Å². The minimum absolute atomic E-state index is 0.0981. The van der Waals surface area contributed by atoms with Crippen molar-refractivity contribution in [2.45, 2.75) is 88.6 Å². The van der Waals surface area contributed by atoms with Crippen LogP contribution in [-0.2, 0) is 9.47 Å². The van der Waals surface area contributed by atoms with E-state index in [0.29, 0.717) is 18.9 Å². The van der Waals surface area contributed by atoms with E-state index >= 15 is 0 Å². The normalized spacial score (nSPS) is 16.2. The van der Waals surface area contributed by atoms with Gasteiger partial charge in [0.2, 0.25) is 0 Å². The Morgan fingerprint density at radius 1 is 0.818 bits per heavy atom. The summed E-state index contributed by atoms with van der Waals surface area (Å²) in [6.07, 6.45) is 2.25. The molecule has 0 unspecified atom stereocenters. The summed E-state index contributed by atoms with van der Waals surface area (Å²) < 4.78 is 132. The second-order valence-corrected chi connectivity index (χ2v) is 11.6. The topological polar surface area (TPSA) is 38.7 Å². The van der Waals surface area contributed by atoms with Crippen molar-refractivity contribution >= 4 is 8.07 Å². The summed E-state index contributed by atoms with van der Waals surface area (Å²) >= 11 is 0. The highest BCUT2D eigenvalue weighted by molar-refractivity contribution is 6.92. The van der Waals surface area contributed by atoms with Gasteiger partial charge in [0, 0.05) is 6.42 Å². The lowest BCUT2D eigenvalue weighted by Gasteiger charge is -2.37. The third-order valence-electron chi connectivity index (χ3n) is 5.33. The van der Waals surface area contributed by atoms with Crippen molar-refractivity contribution in [1.82, 2.24) is 0 Å². The van der Waals surface area contributed by atoms with Gasteiger partial charge in [-0.1, -0.05) is 44.4 Å². The summed E-state index contributed by atoms with van der Waals surface area (Å²) in [5.41, 5.74) is -0.585. The molecule has 3 nitrogen and oxygen atoms in total. The molecule has 1 rings (SSSR count). The predicted molar refractivity (Wildman–Crippen MR) is 105 cm³/mol. The van der Waals surface area contributed by atoms with Gasteiger partial charge in [0.05, 0.1) is 13.2 Å². The van der Waals surface area contributed by atoms with Gasteiger partial charge < -0.3 is 14.6 Å². The quantitative estimate of drug-likeness (QED) is 0.124. The molecule has 1 aliphatic rings. The molecule has 194 valence electrons. The van der Waals surface area contributed by atoms with Gasteiger partial charge in [0.1, 0.15) is 0 Å². The Morgan fingerprint density at radius 3 is 1.67 bits per heavy atom. The van der Waals surface area contributed by atoms with Gasteiger partial charge >= 0.3 is 25.5 Å². The number of halogens is 9. The molecule has 0 bridgehead atoms. The maximum Gasteiger partial charge on any atom is 0.452 e. The van der Waals surface area contributed by atoms with Crippen molar-refractivity contribution in [3.8, 4) is 0 Å². The number of hydrogen-bond acceptors (Lipinski definition) is 3. The van der Waals surface area contributed by atoms with Crippen LogP contribution in [0.5, 0.6) is 0 Å². The first-order chi connectivity index (χ1) is 15.1. The Morgan fingerprint density at radius 2 is 1.27 bits per heavy atom. The lowest BCUT2D eigenvalue weighted by atomic mass is 10.1. The average molecular weight is 517 g/mol. The van der Waals surface area contributed by atoms with Gasteiger partial charge in [0.15, 0.2) is 0 Å². The summed E-state index contributed by atoms with van der Waals surface area (Å²) in [6.45, 7) is 3.92. The number of ether oxygens (including phenoxy) is 2. The number of alkyl halides is 9. The zero-order valence-electron chi connectivity index (χ0n) is 18.4. The molecular formula is C20H29F9O3Si. The molecule has 0 fully saturated rings. The fourth-order valence-electron chi connectivity index (χ4n) is 3.58. The van der Waals surface area contributed by atoms with E-state index in [2.05, 4.69) is 0 Å². The van der Waals surface area contributed by atoms with Crippen LogP contribution in [0.25, 0.3) is 0 Å². The van der Waals surface area contributed by atoms with E-state index in [-0.39, 0.29) is 26.1 Å². The second kappa shape index (κ2) is 11.6. The molecule has 0 heterocycles. The van der Waals surface area contributed by atoms with E-state index in [4.69, 9.17) is 9.47 Å². The number of rotatable bonds is 13. The highest BCUT2D eigenvalue weighted by Gasteiger charge is 2.89. The first kappa shape index (κ1) is 30.0. The van der Waals surface area contributed by atoms with E-state index in [1.165, 1.54) is 0 Å². The molecule has 0 aromatic rings. The number of allylic oxidation sites excluding steroid dienone is 4. The summed E-state index contributed by atoms with van der Waals surface area (Å²) in [4.78, 5) is 0. The van der Waals surface area contributed by atoms with Gasteiger partial charge in [-0.3, -0.25) is 0 Å². The molecule has 0 spiro atoms. The van der Waals surface area contributed by atoms with Crippen LogP contribution in [0.1, 0.15) is 65.2 Å². The summed E-state index contributed by atoms with van der Waals surface area (Å²) in [5.74, 6) is -21.7. The van der Waals surface area contributed by atoms with Crippen LogP contribution in [0.3, 0.4) is 0 Å². The highest BCUT2D eigenvalue weighted by atomic mass is 28.3. The summed E-state index contributed by atoms with van der Waals surface area (Å²) in [6, 6.07) is 0. The molecule has 0 saturated carbocycles. The third-order valence-corrected chi connectivity index (χ3v) is 9.21. The van der Waals surface area contributed by atoms with Crippen LogP contribution in [0.15, 0.2) is 22.9 Å². The van der Waals surface area contributed by atoms with Crippen molar-refractivity contribution in [3.05, 3.63) is 22.9 Å². The van der Waals surface area contributed by atoms with Crippen LogP contribution in [0.2, 0.25) is 0 Å². The molecule has 1 N–H and O–H groups in total. The fourth-order valence-corrected chi connectivity index (χ4v) is 6.58. The molecule has 13 heteroatoms. The van der Waals surface area contributed by atoms with E-state index in [1.807, 2.05) is 13.8 Å². The maximum atomic E-state index is 13.5. The van der Waals surface area contributed by atoms with Crippen molar-refractivity contribution < 1.29 is 54.1 Å². The summed E-state index contributed by atoms with van der Waals surface area (Å²) in [5, 5.41) is 8.82. The first-order valence-electron chi connectivity index (χ1n) is 10.7. The van der Waals surface area contributed by atoms with Gasteiger partial charge in [-0.25, -0.2) is 0 Å². The molecular weight excluding hydrogens is 487 g/mol. The number of unbranched alkanes of at least 4 members (excludes halogenated alkanes) is 2. The van der Waals surface area contributed by atoms with Crippen molar-refractivity contribution in [3.63, 3.8) is 0 Å². The Kier molecular flexibility index (Phi) is 10.5. The van der Waals surface area contributed by atoms with Gasteiger partial charge in [-0.05, 0) is 37.3 Å². The zero-order valence-corrected chi connectivity index (χ0v) is 19.4. The fraction of sp³-hybridized carbons (Fsp3) is 0.800. The Labute approximate surface area is 187 Å². The van der Waals surface area contributed by atoms with E-state index < -0.39 is 55.1 Å². The second-order valence-electron chi connectivity index (χ2n) is 7.84. The molecule has 0 atom stereocenters. The van der Waals surface area contributed by atoms with Crippen molar-refractivity contribution in [2.75, 3.05) is 13.2 Å². The third kappa shape index (κ3) is 6.98. The van der Waals surface area contributed by atoms with Gasteiger partial charge in [-0.2, -0.15) is 39.5 Å². The van der Waals surface area contributed by atoms with Crippen molar-refractivity contribution in [1.29, 1.82) is 0 Å². The molecule has 33 heavy (non-hydrogen) atoms. The van der Waals surface area contributed by atoms with Crippen LogP contribution < -0.4 is 0 Å². The largest absolute Gasteiger partial charge is 0.452 e. The van der Waals surface area contributed by atoms with Gasteiger partial charge in [-0.15, -0.1) is 0 Å². The van der Waals surface area contributed by atoms with Crippen LogP contribution in [0.4, 0.5) is 39.5 Å². The first-order valence-corrected chi connectivity index (χ1v) is 12.7. The standard InChI is InChI=1S/C20H29F9O3Si/c1-3-5-13-31-17(30,32-14-6-4-2)12-8-10-15-9-7-11-16(15)33(18(21,22)23,19(24,25)26)20(27,28)29/h7,11,30H,3-6,8-10,12-14H2,1-2H3. The van der Waals surface area contributed by atoms with Crippen LogP contribution >= 0.6 is 0 Å². The average Bonchev–Trinajstić information content (AvgIpc) is 3.07.